The summed E-state index contributed by atoms with van der Waals surface area (Å²) in [5, 5.41) is 9.84. The highest BCUT2D eigenvalue weighted by Gasteiger charge is 2.47. The molecule has 4 rings (SSSR count). The highest BCUT2D eigenvalue weighted by Crippen LogP contribution is 2.45. The molecule has 0 aliphatic carbocycles. The average molecular weight is 481 g/mol. The molecular formula is C22H20ClF3N4O3. The average Bonchev–Trinajstić information content (AvgIpc) is 3.22. The van der Waals surface area contributed by atoms with Gasteiger partial charge in [0.25, 0.3) is 5.91 Å². The lowest BCUT2D eigenvalue weighted by atomic mass is 9.96. The summed E-state index contributed by atoms with van der Waals surface area (Å²) in [6.45, 7) is 0. The monoisotopic (exact) mass is 480 g/mol. The maximum absolute atomic E-state index is 13.9. The van der Waals surface area contributed by atoms with E-state index in [1.165, 1.54) is 14.2 Å². The Morgan fingerprint density at radius 3 is 2.58 bits per heavy atom. The van der Waals surface area contributed by atoms with Crippen molar-refractivity contribution in [3.05, 3.63) is 64.8 Å². The summed E-state index contributed by atoms with van der Waals surface area (Å²) in [7, 11) is 2.92. The molecular weight excluding hydrogens is 461 g/mol. The van der Waals surface area contributed by atoms with Crippen molar-refractivity contribution in [2.75, 3.05) is 24.9 Å². The highest BCUT2D eigenvalue weighted by atomic mass is 35.5. The van der Waals surface area contributed by atoms with Gasteiger partial charge in [-0.05, 0) is 29.8 Å². The molecule has 33 heavy (non-hydrogen) atoms. The Morgan fingerprint density at radius 2 is 1.91 bits per heavy atom. The van der Waals surface area contributed by atoms with Crippen LogP contribution < -0.4 is 20.1 Å². The topological polar surface area (TPSA) is 77.4 Å². The second-order valence-electron chi connectivity index (χ2n) is 7.39. The van der Waals surface area contributed by atoms with Crippen LogP contribution in [0.15, 0.2) is 48.7 Å². The van der Waals surface area contributed by atoms with Gasteiger partial charge in [0.05, 0.1) is 37.2 Å². The summed E-state index contributed by atoms with van der Waals surface area (Å²) < 4.78 is 53.1. The van der Waals surface area contributed by atoms with Crippen LogP contribution in [0.5, 0.6) is 11.5 Å². The Bertz CT molecular complexity index is 1180. The third kappa shape index (κ3) is 4.43. The molecule has 0 bridgehead atoms. The van der Waals surface area contributed by atoms with Crippen LogP contribution in [0.4, 0.5) is 24.7 Å². The number of hydrogen-bond acceptors (Lipinski definition) is 5. The fourth-order valence-corrected chi connectivity index (χ4v) is 3.95. The van der Waals surface area contributed by atoms with Crippen LogP contribution in [0.25, 0.3) is 0 Å². The van der Waals surface area contributed by atoms with Crippen LogP contribution in [0.3, 0.4) is 0 Å². The number of ether oxygens (including phenoxy) is 2. The zero-order chi connectivity index (χ0) is 23.8. The van der Waals surface area contributed by atoms with E-state index in [2.05, 4.69) is 15.7 Å². The zero-order valence-corrected chi connectivity index (χ0v) is 18.4. The number of benzene rings is 2. The summed E-state index contributed by atoms with van der Waals surface area (Å²) >= 11 is 6.09. The fourth-order valence-electron chi connectivity index (χ4n) is 3.77. The lowest BCUT2D eigenvalue weighted by Gasteiger charge is -2.34. The van der Waals surface area contributed by atoms with Gasteiger partial charge in [-0.25, -0.2) is 4.68 Å². The maximum atomic E-state index is 13.9. The van der Waals surface area contributed by atoms with Crippen LogP contribution in [0.1, 0.15) is 34.4 Å². The van der Waals surface area contributed by atoms with Gasteiger partial charge in [-0.1, -0.05) is 29.8 Å². The second kappa shape index (κ2) is 8.86. The lowest BCUT2D eigenvalue weighted by Crippen LogP contribution is -2.36. The van der Waals surface area contributed by atoms with Crippen molar-refractivity contribution in [2.45, 2.75) is 24.7 Å². The SMILES string of the molecule is COc1ccc(C2CC(C(F)(F)F)n3ncc(C(=O)Nc4ccccc4Cl)c3N2)cc1OC. The molecule has 2 aromatic carbocycles. The molecule has 1 aliphatic rings. The van der Waals surface area contributed by atoms with E-state index in [-0.39, 0.29) is 17.8 Å². The molecule has 2 unspecified atom stereocenters. The third-order valence-electron chi connectivity index (χ3n) is 5.42. The first-order chi connectivity index (χ1) is 15.7. The molecule has 2 N–H and O–H groups in total. The Hall–Kier alpha value is -3.40. The molecule has 11 heteroatoms. The predicted molar refractivity (Wildman–Crippen MR) is 117 cm³/mol. The Labute approximate surface area is 192 Å². The number of rotatable bonds is 5. The minimum absolute atomic E-state index is 0.0330. The molecule has 0 fully saturated rings. The number of carbonyl (C=O) groups is 1. The fraction of sp³-hybridized carbons (Fsp3) is 0.273. The van der Waals surface area contributed by atoms with Crippen molar-refractivity contribution < 1.29 is 27.4 Å². The van der Waals surface area contributed by atoms with Crippen molar-refractivity contribution in [3.63, 3.8) is 0 Å². The highest BCUT2D eigenvalue weighted by molar-refractivity contribution is 6.34. The van der Waals surface area contributed by atoms with E-state index in [0.717, 1.165) is 10.9 Å². The first kappa shape index (κ1) is 22.8. The van der Waals surface area contributed by atoms with Gasteiger partial charge in [0.15, 0.2) is 17.5 Å². The number of anilines is 2. The van der Waals surface area contributed by atoms with Crippen molar-refractivity contribution in [2.24, 2.45) is 0 Å². The summed E-state index contributed by atoms with van der Waals surface area (Å²) in [5.74, 6) is 0.170. The normalized spacial score (nSPS) is 17.6. The van der Waals surface area contributed by atoms with Crippen LogP contribution in [-0.4, -0.2) is 36.1 Å². The quantitative estimate of drug-likeness (QED) is 0.506. The van der Waals surface area contributed by atoms with Crippen LogP contribution in [0, 0.1) is 0 Å². The number of hydrogen-bond donors (Lipinski definition) is 2. The van der Waals surface area contributed by atoms with Gasteiger partial charge in [-0.3, -0.25) is 4.79 Å². The van der Waals surface area contributed by atoms with Gasteiger partial charge in [-0.2, -0.15) is 18.3 Å². The number of nitrogens with one attached hydrogen (secondary N) is 2. The van der Waals surface area contributed by atoms with Gasteiger partial charge in [0.1, 0.15) is 11.4 Å². The summed E-state index contributed by atoms with van der Waals surface area (Å²) in [6, 6.07) is 8.77. The van der Waals surface area contributed by atoms with Crippen molar-refractivity contribution in [1.82, 2.24) is 9.78 Å². The Kier molecular flexibility index (Phi) is 6.11. The van der Waals surface area contributed by atoms with Crippen molar-refractivity contribution in [1.29, 1.82) is 0 Å². The molecule has 3 aromatic rings. The number of aromatic nitrogens is 2. The van der Waals surface area contributed by atoms with Gasteiger partial charge in [-0.15, -0.1) is 0 Å². The number of halogens is 4. The molecule has 174 valence electrons. The smallest absolute Gasteiger partial charge is 0.410 e. The Morgan fingerprint density at radius 1 is 1.18 bits per heavy atom. The first-order valence-electron chi connectivity index (χ1n) is 9.91. The molecule has 7 nitrogen and oxygen atoms in total. The van der Waals surface area contributed by atoms with E-state index >= 15 is 0 Å². The number of amides is 1. The molecule has 0 saturated heterocycles. The zero-order valence-electron chi connectivity index (χ0n) is 17.6. The number of fused-ring (bicyclic) bond motifs is 1. The van der Waals surface area contributed by atoms with E-state index in [9.17, 15) is 18.0 Å². The van der Waals surface area contributed by atoms with Gasteiger partial charge >= 0.3 is 6.18 Å². The van der Waals surface area contributed by atoms with Crippen molar-refractivity contribution in [3.8, 4) is 11.5 Å². The third-order valence-corrected chi connectivity index (χ3v) is 5.74. The molecule has 0 radical (unpaired) electrons. The Balaban J connectivity index is 1.71. The van der Waals surface area contributed by atoms with Crippen LogP contribution in [-0.2, 0) is 0 Å². The van der Waals surface area contributed by atoms with Crippen LogP contribution in [0.2, 0.25) is 5.02 Å². The second-order valence-corrected chi connectivity index (χ2v) is 7.80. The standard InChI is InChI=1S/C22H20ClF3N4O3/c1-32-17-8-7-12(9-18(17)33-2)16-10-19(22(24,25)26)30-20(28-16)13(11-27-30)21(31)29-15-6-4-3-5-14(15)23/h3-9,11,16,19,28H,10H2,1-2H3,(H,29,31). The van der Waals surface area contributed by atoms with Gasteiger partial charge in [0, 0.05) is 6.42 Å². The van der Waals surface area contributed by atoms with Gasteiger partial charge < -0.3 is 20.1 Å². The molecule has 0 saturated carbocycles. The van der Waals surface area contributed by atoms with Crippen molar-refractivity contribution >= 4 is 29.0 Å². The molecule has 0 spiro atoms. The number of alkyl halides is 3. The van der Waals surface area contributed by atoms with E-state index in [0.29, 0.717) is 27.8 Å². The number of methoxy groups -OCH3 is 2. The molecule has 1 aliphatic heterocycles. The van der Waals surface area contributed by atoms with Crippen LogP contribution >= 0.6 is 11.6 Å². The number of nitrogens with zero attached hydrogens (tertiary/aromatic N) is 2. The van der Waals surface area contributed by atoms with Gasteiger partial charge in [0.2, 0.25) is 0 Å². The maximum Gasteiger partial charge on any atom is 0.410 e. The minimum Gasteiger partial charge on any atom is -0.493 e. The summed E-state index contributed by atoms with van der Waals surface area (Å²) in [5.41, 5.74) is 0.852. The summed E-state index contributed by atoms with van der Waals surface area (Å²) in [6.07, 6.45) is -3.78. The molecule has 1 amide bonds. The van der Waals surface area contributed by atoms with E-state index in [1.807, 2.05) is 0 Å². The largest absolute Gasteiger partial charge is 0.493 e. The number of carbonyl (C=O) groups excluding carboxylic acids is 1. The lowest BCUT2D eigenvalue weighted by molar-refractivity contribution is -0.173. The first-order valence-corrected chi connectivity index (χ1v) is 10.3. The number of para-hydroxylation sites is 1. The molecule has 2 heterocycles. The minimum atomic E-state index is -4.58. The van der Waals surface area contributed by atoms with E-state index in [4.69, 9.17) is 21.1 Å². The molecule has 1 aromatic heterocycles. The summed E-state index contributed by atoms with van der Waals surface area (Å²) in [4.78, 5) is 12.9. The van der Waals surface area contributed by atoms with E-state index in [1.54, 1.807) is 42.5 Å². The van der Waals surface area contributed by atoms with E-state index < -0.39 is 24.2 Å². The molecule has 2 atom stereocenters. The predicted octanol–water partition coefficient (Wildman–Crippen LogP) is 5.47.